The molecule has 2 amide bonds. The summed E-state index contributed by atoms with van der Waals surface area (Å²) in [7, 11) is 0. The number of piperidine rings is 1. The van der Waals surface area contributed by atoms with Crippen molar-refractivity contribution >= 4 is 17.8 Å². The average Bonchev–Trinajstić information content (AvgIpc) is 3.28. The number of hydrogen-bond donors (Lipinski definition) is 1. The average molecular weight is 361 g/mol. The van der Waals surface area contributed by atoms with Crippen LogP contribution in [0.15, 0.2) is 10.8 Å². The lowest BCUT2D eigenvalue weighted by Crippen LogP contribution is -2.45. The lowest BCUT2D eigenvalue weighted by molar-refractivity contribution is -0.141. The van der Waals surface area contributed by atoms with E-state index in [1.165, 1.54) is 11.3 Å². The smallest absolute Gasteiger partial charge is 0.326 e. The van der Waals surface area contributed by atoms with Crippen molar-refractivity contribution < 1.29 is 23.9 Å². The Labute approximate surface area is 151 Å². The summed E-state index contributed by atoms with van der Waals surface area (Å²) in [5, 5.41) is 9.63. The number of carboxylic acid groups (broad SMARTS) is 1. The van der Waals surface area contributed by atoms with Gasteiger partial charge in [0.2, 0.25) is 5.91 Å². The fourth-order valence-corrected chi connectivity index (χ4v) is 4.29. The minimum Gasteiger partial charge on any atom is -0.480 e. The summed E-state index contributed by atoms with van der Waals surface area (Å²) < 4.78 is 5.10. The topological polar surface area (TPSA) is 104 Å². The van der Waals surface area contributed by atoms with Crippen LogP contribution in [0.1, 0.15) is 48.4 Å². The van der Waals surface area contributed by atoms with Crippen LogP contribution in [0.2, 0.25) is 0 Å². The van der Waals surface area contributed by atoms with E-state index in [9.17, 15) is 19.5 Å². The number of amides is 2. The fraction of sp³-hybridized carbons (Fsp3) is 0.667. The minimum absolute atomic E-state index is 0.176. The maximum absolute atomic E-state index is 12.8. The number of aliphatic carboxylic acids is 1. The van der Waals surface area contributed by atoms with Crippen molar-refractivity contribution in [3.8, 4) is 0 Å². The van der Waals surface area contributed by atoms with E-state index in [0.29, 0.717) is 31.8 Å². The lowest BCUT2D eigenvalue weighted by atomic mass is 9.76. The van der Waals surface area contributed by atoms with Gasteiger partial charge < -0.3 is 19.3 Å². The Balaban J connectivity index is 1.49. The number of likely N-dealkylation sites (tertiary alicyclic amines) is 2. The molecule has 140 valence electrons. The second-order valence-electron chi connectivity index (χ2n) is 7.85. The Morgan fingerprint density at radius 1 is 1.27 bits per heavy atom. The number of carbonyl (C=O) groups is 3. The highest BCUT2D eigenvalue weighted by Crippen LogP contribution is 2.45. The minimum atomic E-state index is -0.993. The molecule has 8 heteroatoms. The van der Waals surface area contributed by atoms with Crippen molar-refractivity contribution in [1.29, 1.82) is 0 Å². The van der Waals surface area contributed by atoms with Crippen LogP contribution >= 0.6 is 0 Å². The molecule has 1 spiro atoms. The van der Waals surface area contributed by atoms with Crippen molar-refractivity contribution in [3.63, 3.8) is 0 Å². The van der Waals surface area contributed by atoms with E-state index >= 15 is 0 Å². The van der Waals surface area contributed by atoms with Gasteiger partial charge in [-0.3, -0.25) is 9.59 Å². The van der Waals surface area contributed by atoms with Gasteiger partial charge in [0.15, 0.2) is 12.1 Å². The number of hydrogen-bond acceptors (Lipinski definition) is 5. The maximum Gasteiger partial charge on any atom is 0.326 e. The molecule has 26 heavy (non-hydrogen) atoms. The zero-order valence-corrected chi connectivity index (χ0v) is 14.8. The summed E-state index contributed by atoms with van der Waals surface area (Å²) >= 11 is 0. The molecule has 3 aliphatic rings. The lowest BCUT2D eigenvalue weighted by Gasteiger charge is -2.39. The van der Waals surface area contributed by atoms with Crippen LogP contribution in [-0.4, -0.2) is 63.4 Å². The molecule has 0 unspecified atom stereocenters. The zero-order valence-electron chi connectivity index (χ0n) is 14.8. The van der Waals surface area contributed by atoms with Gasteiger partial charge in [-0.1, -0.05) is 0 Å². The van der Waals surface area contributed by atoms with Gasteiger partial charge in [-0.2, -0.15) is 0 Å². The highest BCUT2D eigenvalue weighted by Gasteiger charge is 2.51. The summed E-state index contributed by atoms with van der Waals surface area (Å²) in [6.07, 6.45) is 5.07. The summed E-state index contributed by atoms with van der Waals surface area (Å²) in [6, 6.07) is -0.857. The van der Waals surface area contributed by atoms with Gasteiger partial charge in [0, 0.05) is 25.6 Å². The number of aromatic nitrogens is 1. The molecule has 4 rings (SSSR count). The predicted molar refractivity (Wildman–Crippen MR) is 89.3 cm³/mol. The zero-order chi connectivity index (χ0) is 18.5. The second-order valence-corrected chi connectivity index (χ2v) is 7.85. The number of oxazole rings is 1. The van der Waals surface area contributed by atoms with Crippen LogP contribution in [0, 0.1) is 18.3 Å². The van der Waals surface area contributed by atoms with Crippen LogP contribution in [0.25, 0.3) is 0 Å². The largest absolute Gasteiger partial charge is 0.480 e. The molecule has 1 N–H and O–H groups in total. The second kappa shape index (κ2) is 6.10. The van der Waals surface area contributed by atoms with Gasteiger partial charge in [0.1, 0.15) is 11.8 Å². The summed E-state index contributed by atoms with van der Waals surface area (Å²) in [4.78, 5) is 44.1. The molecule has 3 fully saturated rings. The third-order valence-electron chi connectivity index (χ3n) is 6.06. The van der Waals surface area contributed by atoms with Crippen LogP contribution in [0.3, 0.4) is 0 Å². The van der Waals surface area contributed by atoms with E-state index < -0.39 is 17.9 Å². The molecule has 1 atom stereocenters. The summed E-state index contributed by atoms with van der Waals surface area (Å²) in [5.74, 6) is -0.554. The van der Waals surface area contributed by atoms with Crippen LogP contribution < -0.4 is 0 Å². The first-order valence-corrected chi connectivity index (χ1v) is 9.13. The van der Waals surface area contributed by atoms with Gasteiger partial charge in [-0.15, -0.1) is 0 Å². The Hall–Kier alpha value is -2.38. The van der Waals surface area contributed by atoms with Crippen molar-refractivity contribution in [1.82, 2.24) is 14.8 Å². The monoisotopic (exact) mass is 361 g/mol. The SMILES string of the molecule is Cc1ocnc1C(=O)N1CC2(CCN(C(=O)C3CC3)CC2)C[C@@H]1C(=O)O. The standard InChI is InChI=1S/C18H23N3O5/c1-11-14(19-10-26-11)16(23)21-9-18(8-13(21)17(24)25)4-6-20(7-5-18)15(22)12-2-3-12/h10,12-13H,2-9H2,1H3,(H,24,25)/t13-/m1/s1. The number of nitrogens with zero attached hydrogens (tertiary/aromatic N) is 3. The third kappa shape index (κ3) is 2.87. The quantitative estimate of drug-likeness (QED) is 0.870. The molecule has 1 aromatic rings. The highest BCUT2D eigenvalue weighted by atomic mass is 16.4. The van der Waals surface area contributed by atoms with Crippen molar-refractivity contribution in [2.45, 2.75) is 45.1 Å². The number of aryl methyl sites for hydroxylation is 1. The predicted octanol–water partition coefficient (Wildman–Crippen LogP) is 1.30. The van der Waals surface area contributed by atoms with Crippen LogP contribution in [0.4, 0.5) is 0 Å². The van der Waals surface area contributed by atoms with E-state index in [-0.39, 0.29) is 22.9 Å². The van der Waals surface area contributed by atoms with Gasteiger partial charge in [0.25, 0.3) is 5.91 Å². The third-order valence-corrected chi connectivity index (χ3v) is 6.06. The summed E-state index contributed by atoms with van der Waals surface area (Å²) in [5.41, 5.74) is -0.0638. The van der Waals surface area contributed by atoms with Gasteiger partial charge in [0.05, 0.1) is 0 Å². The molecule has 2 aliphatic heterocycles. The first-order chi connectivity index (χ1) is 12.4. The normalized spacial score (nSPS) is 24.9. The number of carboxylic acids is 1. The first kappa shape index (κ1) is 17.1. The van der Waals surface area contributed by atoms with E-state index in [4.69, 9.17) is 4.42 Å². The molecule has 0 bridgehead atoms. The van der Waals surface area contributed by atoms with Crippen molar-refractivity contribution in [3.05, 3.63) is 17.8 Å². The van der Waals surface area contributed by atoms with Gasteiger partial charge in [-0.05, 0) is 44.4 Å². The van der Waals surface area contributed by atoms with Crippen molar-refractivity contribution in [2.75, 3.05) is 19.6 Å². The Kier molecular flexibility index (Phi) is 4.00. The van der Waals surface area contributed by atoms with Gasteiger partial charge >= 0.3 is 5.97 Å². The molecule has 2 saturated heterocycles. The molecule has 0 aromatic carbocycles. The molecular formula is C18H23N3O5. The van der Waals surface area contributed by atoms with E-state index in [2.05, 4.69) is 4.98 Å². The number of rotatable bonds is 3. The van der Waals surface area contributed by atoms with E-state index in [1.54, 1.807) is 6.92 Å². The fourth-order valence-electron chi connectivity index (χ4n) is 4.29. The Morgan fingerprint density at radius 3 is 2.50 bits per heavy atom. The molecule has 3 heterocycles. The first-order valence-electron chi connectivity index (χ1n) is 9.13. The molecule has 1 saturated carbocycles. The van der Waals surface area contributed by atoms with Gasteiger partial charge in [-0.25, -0.2) is 9.78 Å². The highest BCUT2D eigenvalue weighted by molar-refractivity contribution is 5.96. The molecule has 1 aromatic heterocycles. The maximum atomic E-state index is 12.8. The Morgan fingerprint density at radius 2 is 1.96 bits per heavy atom. The Bertz CT molecular complexity index is 746. The molecule has 8 nitrogen and oxygen atoms in total. The van der Waals surface area contributed by atoms with Crippen molar-refractivity contribution in [2.24, 2.45) is 11.3 Å². The number of carbonyl (C=O) groups excluding carboxylic acids is 2. The molecule has 0 radical (unpaired) electrons. The van der Waals surface area contributed by atoms with Crippen LogP contribution in [-0.2, 0) is 9.59 Å². The van der Waals surface area contributed by atoms with E-state index in [1.807, 2.05) is 4.90 Å². The van der Waals surface area contributed by atoms with E-state index in [0.717, 1.165) is 25.7 Å². The molecule has 1 aliphatic carbocycles. The summed E-state index contributed by atoms with van der Waals surface area (Å²) in [6.45, 7) is 3.32. The van der Waals surface area contributed by atoms with Crippen LogP contribution in [0.5, 0.6) is 0 Å². The molecular weight excluding hydrogens is 338 g/mol.